The fourth-order valence-corrected chi connectivity index (χ4v) is 1.99. The van der Waals surface area contributed by atoms with Crippen molar-refractivity contribution in [1.29, 1.82) is 0 Å². The molecule has 2 nitrogen and oxygen atoms in total. The van der Waals surface area contributed by atoms with Gasteiger partial charge in [0.2, 0.25) is 0 Å². The van der Waals surface area contributed by atoms with Crippen molar-refractivity contribution in [3.05, 3.63) is 0 Å². The minimum absolute atomic E-state index is 0.551. The maximum Gasteiger partial charge on any atom is 0.0599 e. The van der Waals surface area contributed by atoms with Gasteiger partial charge in [0.1, 0.15) is 0 Å². The zero-order valence-corrected chi connectivity index (χ0v) is 13.8. The van der Waals surface area contributed by atoms with Crippen LogP contribution < -0.4 is 0 Å². The summed E-state index contributed by atoms with van der Waals surface area (Å²) in [4.78, 5) is 2.51. The van der Waals surface area contributed by atoms with Gasteiger partial charge in [-0.1, -0.05) is 54.4 Å². The van der Waals surface area contributed by atoms with Gasteiger partial charge in [0, 0.05) is 19.7 Å². The molecule has 112 valence electrons. The van der Waals surface area contributed by atoms with Gasteiger partial charge in [-0.2, -0.15) is 0 Å². The monoisotopic (exact) mass is 259 g/mol. The van der Waals surface area contributed by atoms with Gasteiger partial charge < -0.3 is 9.64 Å². The van der Waals surface area contributed by atoms with Crippen molar-refractivity contribution < 1.29 is 4.74 Å². The van der Waals surface area contributed by atoms with E-state index in [1.165, 1.54) is 51.7 Å². The number of hydrogen-bond acceptors (Lipinski definition) is 2. The summed E-state index contributed by atoms with van der Waals surface area (Å²) in [5, 5.41) is 0. The van der Waals surface area contributed by atoms with Crippen molar-refractivity contribution >= 4 is 0 Å². The van der Waals surface area contributed by atoms with E-state index >= 15 is 0 Å². The summed E-state index contributed by atoms with van der Waals surface area (Å²) in [7, 11) is 0. The van der Waals surface area contributed by atoms with Crippen LogP contribution in [0.15, 0.2) is 0 Å². The highest BCUT2D eigenvalue weighted by atomic mass is 16.5. The van der Waals surface area contributed by atoms with Gasteiger partial charge in [0.25, 0.3) is 0 Å². The largest absolute Gasteiger partial charge is 0.378 e. The van der Waals surface area contributed by atoms with Crippen LogP contribution in [-0.4, -0.2) is 37.2 Å². The van der Waals surface area contributed by atoms with Crippen LogP contribution in [0.25, 0.3) is 0 Å². The lowest BCUT2D eigenvalue weighted by Gasteiger charge is -2.30. The summed E-state index contributed by atoms with van der Waals surface area (Å²) in [6.45, 7) is 17.1. The molecular weight excluding hydrogens is 222 g/mol. The van der Waals surface area contributed by atoms with Crippen LogP contribution in [-0.2, 0) is 4.74 Å². The molecule has 0 bridgehead atoms. The second kappa shape index (κ2) is 16.9. The average molecular weight is 259 g/mol. The van der Waals surface area contributed by atoms with Gasteiger partial charge >= 0.3 is 0 Å². The third kappa shape index (κ3) is 11.0. The van der Waals surface area contributed by atoms with E-state index in [1.807, 2.05) is 27.7 Å². The van der Waals surface area contributed by atoms with E-state index in [9.17, 15) is 0 Å². The lowest BCUT2D eigenvalue weighted by molar-refractivity contribution is 0.00705. The number of piperidine rings is 1. The minimum Gasteiger partial charge on any atom is -0.378 e. The van der Waals surface area contributed by atoms with Crippen molar-refractivity contribution in [2.45, 2.75) is 79.8 Å². The molecule has 0 unspecified atom stereocenters. The Morgan fingerprint density at radius 3 is 1.94 bits per heavy atom. The molecule has 1 fully saturated rings. The average Bonchev–Trinajstić information content (AvgIpc) is 2.48. The normalized spacial score (nSPS) is 16.3. The van der Waals surface area contributed by atoms with Crippen LogP contribution >= 0.6 is 0 Å². The topological polar surface area (TPSA) is 12.5 Å². The van der Waals surface area contributed by atoms with Crippen LogP contribution in [0, 0.1) is 0 Å². The minimum atomic E-state index is 0.551. The fraction of sp³-hybridized carbons (Fsp3) is 1.00. The van der Waals surface area contributed by atoms with E-state index in [2.05, 4.69) is 18.7 Å². The van der Waals surface area contributed by atoms with E-state index < -0.39 is 0 Å². The first-order valence-corrected chi connectivity index (χ1v) is 8.20. The van der Waals surface area contributed by atoms with Crippen molar-refractivity contribution in [2.24, 2.45) is 0 Å². The second-order valence-electron chi connectivity index (χ2n) is 4.21. The van der Waals surface area contributed by atoms with E-state index in [0.29, 0.717) is 6.10 Å². The van der Waals surface area contributed by atoms with Crippen molar-refractivity contribution in [1.82, 2.24) is 4.90 Å². The Labute approximate surface area is 116 Å². The maximum atomic E-state index is 5.85. The third-order valence-electron chi connectivity index (χ3n) is 3.08. The Balaban J connectivity index is 0. The molecule has 1 saturated heterocycles. The fourth-order valence-electron chi connectivity index (χ4n) is 1.99. The van der Waals surface area contributed by atoms with Crippen molar-refractivity contribution in [3.63, 3.8) is 0 Å². The number of hydrogen-bond donors (Lipinski definition) is 0. The quantitative estimate of drug-likeness (QED) is 0.639. The van der Waals surface area contributed by atoms with Crippen LogP contribution in [0.4, 0.5) is 0 Å². The summed E-state index contributed by atoms with van der Waals surface area (Å²) in [5.41, 5.74) is 0. The number of rotatable bonds is 6. The number of likely N-dealkylation sites (tertiary alicyclic amines) is 1. The van der Waals surface area contributed by atoms with Crippen LogP contribution in [0.5, 0.6) is 0 Å². The Morgan fingerprint density at radius 1 is 0.944 bits per heavy atom. The summed E-state index contributed by atoms with van der Waals surface area (Å²) < 4.78 is 5.85. The number of unbranched alkanes of at least 4 members (excludes halogenated alkanes) is 2. The molecular formula is C16H37NO. The second-order valence-corrected chi connectivity index (χ2v) is 4.21. The lowest BCUT2D eigenvalue weighted by Crippen LogP contribution is -2.36. The molecule has 0 saturated carbocycles. The van der Waals surface area contributed by atoms with Gasteiger partial charge in [0.05, 0.1) is 6.10 Å². The number of nitrogens with zero attached hydrogens (tertiary/aromatic N) is 1. The van der Waals surface area contributed by atoms with Crippen molar-refractivity contribution in [2.75, 3.05) is 26.2 Å². The summed E-state index contributed by atoms with van der Waals surface area (Å²) >= 11 is 0. The number of ether oxygens (including phenoxy) is 1. The van der Waals surface area contributed by atoms with Crippen molar-refractivity contribution in [3.8, 4) is 0 Å². The first-order chi connectivity index (χ1) is 8.86. The van der Waals surface area contributed by atoms with E-state index in [0.717, 1.165) is 6.61 Å². The molecule has 1 aliphatic rings. The third-order valence-corrected chi connectivity index (χ3v) is 3.08. The molecule has 0 aromatic carbocycles. The molecule has 0 radical (unpaired) electrons. The molecule has 1 aliphatic heterocycles. The molecule has 0 N–H and O–H groups in total. The predicted octanol–water partition coefficient (Wildman–Crippen LogP) is 4.73. The highest BCUT2D eigenvalue weighted by molar-refractivity contribution is 4.71. The Kier molecular flexibility index (Phi) is 19.0. The zero-order chi connectivity index (χ0) is 14.2. The summed E-state index contributed by atoms with van der Waals surface area (Å²) in [6, 6.07) is 0. The highest BCUT2D eigenvalue weighted by Gasteiger charge is 2.17. The molecule has 2 heteroatoms. The molecule has 0 aliphatic carbocycles. The first kappa shape index (κ1) is 20.2. The zero-order valence-electron chi connectivity index (χ0n) is 13.8. The Bertz CT molecular complexity index is 131. The summed E-state index contributed by atoms with van der Waals surface area (Å²) in [5.74, 6) is 0. The van der Waals surface area contributed by atoms with Gasteiger partial charge in [-0.25, -0.2) is 0 Å². The Hall–Kier alpha value is -0.0800. The van der Waals surface area contributed by atoms with Crippen LogP contribution in [0.3, 0.4) is 0 Å². The van der Waals surface area contributed by atoms with E-state index in [-0.39, 0.29) is 0 Å². The SMILES string of the molecule is CC.CC.CCCCCOC1CCN(CC)CC1. The smallest absolute Gasteiger partial charge is 0.0599 e. The van der Waals surface area contributed by atoms with Gasteiger partial charge in [0.15, 0.2) is 0 Å². The highest BCUT2D eigenvalue weighted by Crippen LogP contribution is 2.13. The van der Waals surface area contributed by atoms with Crippen LogP contribution in [0.2, 0.25) is 0 Å². The van der Waals surface area contributed by atoms with Gasteiger partial charge in [-0.3, -0.25) is 0 Å². The summed E-state index contributed by atoms with van der Waals surface area (Å²) in [6.07, 6.45) is 6.87. The van der Waals surface area contributed by atoms with Gasteiger partial charge in [-0.05, 0) is 25.8 Å². The standard InChI is InChI=1S/C12H25NO.2C2H6/c1-3-5-6-11-14-12-7-9-13(4-2)10-8-12;2*1-2/h12H,3-11H2,1-2H3;2*1-2H3. The first-order valence-electron chi connectivity index (χ1n) is 8.20. The maximum absolute atomic E-state index is 5.85. The van der Waals surface area contributed by atoms with E-state index in [1.54, 1.807) is 0 Å². The predicted molar refractivity (Wildman–Crippen MR) is 83.3 cm³/mol. The van der Waals surface area contributed by atoms with Gasteiger partial charge in [-0.15, -0.1) is 0 Å². The molecule has 0 spiro atoms. The molecule has 0 amide bonds. The van der Waals surface area contributed by atoms with Crippen LogP contribution in [0.1, 0.15) is 73.6 Å². The molecule has 0 aromatic rings. The molecule has 0 aromatic heterocycles. The molecule has 1 heterocycles. The lowest BCUT2D eigenvalue weighted by atomic mass is 10.1. The molecule has 1 rings (SSSR count). The van der Waals surface area contributed by atoms with E-state index in [4.69, 9.17) is 4.74 Å². The molecule has 18 heavy (non-hydrogen) atoms. The molecule has 0 atom stereocenters. The Morgan fingerprint density at radius 2 is 1.50 bits per heavy atom.